The van der Waals surface area contributed by atoms with Gasteiger partial charge in [-0.25, -0.2) is 26.3 Å². The Bertz CT molecular complexity index is 475. The van der Waals surface area contributed by atoms with E-state index in [0.717, 1.165) is 0 Å². The summed E-state index contributed by atoms with van der Waals surface area (Å²) in [6, 6.07) is 0. The molecular weight excluding hydrogens is 234 g/mol. The quantitative estimate of drug-likeness (QED) is 0.413. The standard InChI is InChI=1S/C10H4F6/c1-2-4-6(5(12)3-11)8(14)10(16)9(15)7(4)13/h2-3H,1H2. The van der Waals surface area contributed by atoms with Gasteiger partial charge in [0.15, 0.2) is 29.1 Å². The normalized spacial score (nSPS) is 11.8. The molecule has 1 aromatic carbocycles. The van der Waals surface area contributed by atoms with E-state index < -0.39 is 46.6 Å². The summed E-state index contributed by atoms with van der Waals surface area (Å²) in [6.07, 6.45) is -0.137. The molecule has 0 aromatic heterocycles. The topological polar surface area (TPSA) is 0 Å². The van der Waals surface area contributed by atoms with E-state index in [-0.39, 0.29) is 0 Å². The van der Waals surface area contributed by atoms with Crippen molar-refractivity contribution in [3.63, 3.8) is 0 Å². The first-order valence-corrected chi connectivity index (χ1v) is 3.90. The molecule has 0 fully saturated rings. The number of rotatable bonds is 2. The largest absolute Gasteiger partial charge is 0.212 e. The summed E-state index contributed by atoms with van der Waals surface area (Å²) in [7, 11) is 0. The van der Waals surface area contributed by atoms with Crippen molar-refractivity contribution >= 4 is 11.9 Å². The molecule has 0 bridgehead atoms. The first-order chi connectivity index (χ1) is 7.45. The predicted octanol–water partition coefficient (Wildman–Crippen LogP) is 4.12. The van der Waals surface area contributed by atoms with Crippen LogP contribution in [0.4, 0.5) is 26.3 Å². The van der Waals surface area contributed by atoms with Gasteiger partial charge in [0.2, 0.25) is 0 Å². The molecule has 0 nitrogen and oxygen atoms in total. The molecule has 0 aliphatic carbocycles. The highest BCUT2D eigenvalue weighted by Crippen LogP contribution is 2.30. The minimum absolute atomic E-state index is 0.555. The van der Waals surface area contributed by atoms with Crippen LogP contribution < -0.4 is 0 Å². The fourth-order valence-electron chi connectivity index (χ4n) is 1.13. The minimum Gasteiger partial charge on any atom is -0.212 e. The van der Waals surface area contributed by atoms with Crippen LogP contribution in [-0.2, 0) is 0 Å². The lowest BCUT2D eigenvalue weighted by Crippen LogP contribution is -2.04. The van der Waals surface area contributed by atoms with Crippen molar-refractivity contribution in [2.75, 3.05) is 0 Å². The predicted molar refractivity (Wildman–Crippen MR) is 46.6 cm³/mol. The Balaban J connectivity index is 3.78. The van der Waals surface area contributed by atoms with Crippen molar-refractivity contribution in [2.45, 2.75) is 0 Å². The van der Waals surface area contributed by atoms with E-state index in [4.69, 9.17) is 0 Å². The molecular formula is C10H4F6. The van der Waals surface area contributed by atoms with Crippen LogP contribution in [0.1, 0.15) is 11.1 Å². The highest BCUT2D eigenvalue weighted by Gasteiger charge is 2.26. The van der Waals surface area contributed by atoms with Crippen LogP contribution in [0.3, 0.4) is 0 Å². The number of halogens is 6. The summed E-state index contributed by atoms with van der Waals surface area (Å²) in [6.45, 7) is 2.97. The van der Waals surface area contributed by atoms with E-state index in [1.54, 1.807) is 0 Å². The van der Waals surface area contributed by atoms with E-state index in [1.165, 1.54) is 0 Å². The Kier molecular flexibility index (Phi) is 3.41. The molecule has 0 aliphatic heterocycles. The summed E-state index contributed by atoms with van der Waals surface area (Å²) >= 11 is 0. The van der Waals surface area contributed by atoms with Crippen LogP contribution >= 0.6 is 0 Å². The van der Waals surface area contributed by atoms with E-state index in [0.29, 0.717) is 6.08 Å². The molecule has 0 spiro atoms. The molecule has 16 heavy (non-hydrogen) atoms. The molecule has 1 rings (SSSR count). The van der Waals surface area contributed by atoms with Gasteiger partial charge >= 0.3 is 0 Å². The van der Waals surface area contributed by atoms with Gasteiger partial charge in [0.1, 0.15) is 6.33 Å². The fraction of sp³-hybridized carbons (Fsp3) is 0. The van der Waals surface area contributed by atoms with Crippen LogP contribution in [0.2, 0.25) is 0 Å². The molecule has 0 saturated carbocycles. The van der Waals surface area contributed by atoms with Gasteiger partial charge in [-0.2, -0.15) is 0 Å². The zero-order valence-electron chi connectivity index (χ0n) is 7.63. The molecule has 0 unspecified atom stereocenters. The molecule has 1 aromatic rings. The zero-order valence-corrected chi connectivity index (χ0v) is 7.63. The van der Waals surface area contributed by atoms with E-state index in [2.05, 4.69) is 6.58 Å². The summed E-state index contributed by atoms with van der Waals surface area (Å²) < 4.78 is 76.2. The van der Waals surface area contributed by atoms with Gasteiger partial charge in [-0.1, -0.05) is 12.7 Å². The second-order valence-corrected chi connectivity index (χ2v) is 2.71. The van der Waals surface area contributed by atoms with Gasteiger partial charge in [-0.05, 0) is 0 Å². The van der Waals surface area contributed by atoms with E-state index >= 15 is 0 Å². The van der Waals surface area contributed by atoms with Crippen LogP contribution in [0.15, 0.2) is 12.9 Å². The summed E-state index contributed by atoms with van der Waals surface area (Å²) in [5, 5.41) is 0. The highest BCUT2D eigenvalue weighted by molar-refractivity contribution is 5.70. The fourth-order valence-corrected chi connectivity index (χ4v) is 1.13. The molecule has 0 atom stereocenters. The maximum absolute atomic E-state index is 13.1. The number of hydrogen-bond donors (Lipinski definition) is 0. The van der Waals surface area contributed by atoms with Gasteiger partial charge in [0.05, 0.1) is 5.56 Å². The molecule has 0 amide bonds. The van der Waals surface area contributed by atoms with Crippen LogP contribution in [-0.4, -0.2) is 0 Å². The molecule has 86 valence electrons. The first-order valence-electron chi connectivity index (χ1n) is 3.90. The Morgan fingerprint density at radius 2 is 1.44 bits per heavy atom. The zero-order chi connectivity index (χ0) is 12.5. The minimum atomic E-state index is -2.21. The lowest BCUT2D eigenvalue weighted by Gasteiger charge is -2.08. The van der Waals surface area contributed by atoms with Crippen molar-refractivity contribution < 1.29 is 26.3 Å². The summed E-state index contributed by atoms with van der Waals surface area (Å²) in [5.41, 5.74) is -2.32. The van der Waals surface area contributed by atoms with Crippen molar-refractivity contribution in [1.29, 1.82) is 0 Å². The molecule has 0 N–H and O–H groups in total. The smallest absolute Gasteiger partial charge is 0.198 e. The van der Waals surface area contributed by atoms with Gasteiger partial charge in [-0.15, -0.1) is 0 Å². The Hall–Kier alpha value is -1.72. The van der Waals surface area contributed by atoms with Gasteiger partial charge in [0, 0.05) is 5.56 Å². The average Bonchev–Trinajstić information content (AvgIpc) is 2.29. The molecule has 0 radical (unpaired) electrons. The van der Waals surface area contributed by atoms with Gasteiger partial charge in [-0.3, -0.25) is 0 Å². The maximum atomic E-state index is 13.1. The van der Waals surface area contributed by atoms with Crippen LogP contribution in [0, 0.1) is 23.3 Å². The van der Waals surface area contributed by atoms with E-state index in [9.17, 15) is 26.3 Å². The maximum Gasteiger partial charge on any atom is 0.198 e. The number of benzene rings is 1. The van der Waals surface area contributed by atoms with E-state index in [1.807, 2.05) is 0 Å². The van der Waals surface area contributed by atoms with Crippen molar-refractivity contribution in [2.24, 2.45) is 0 Å². The third kappa shape index (κ3) is 1.70. The summed E-state index contributed by atoms with van der Waals surface area (Å²) in [5.74, 6) is -10.0. The highest BCUT2D eigenvalue weighted by atomic mass is 19.2. The lowest BCUT2D eigenvalue weighted by atomic mass is 10.0. The second kappa shape index (κ2) is 4.42. The third-order valence-electron chi connectivity index (χ3n) is 1.84. The van der Waals surface area contributed by atoms with Crippen molar-refractivity contribution in [3.05, 3.63) is 47.3 Å². The Morgan fingerprint density at radius 1 is 0.938 bits per heavy atom. The molecule has 0 saturated heterocycles. The molecule has 0 heterocycles. The van der Waals surface area contributed by atoms with Crippen LogP contribution in [0.25, 0.3) is 11.9 Å². The van der Waals surface area contributed by atoms with Gasteiger partial charge in [0.25, 0.3) is 0 Å². The average molecular weight is 238 g/mol. The third-order valence-corrected chi connectivity index (χ3v) is 1.84. The monoisotopic (exact) mass is 238 g/mol. The van der Waals surface area contributed by atoms with Crippen molar-refractivity contribution in [1.82, 2.24) is 0 Å². The second-order valence-electron chi connectivity index (χ2n) is 2.71. The first kappa shape index (κ1) is 12.4. The molecule has 6 heteroatoms. The molecule has 0 aliphatic rings. The van der Waals surface area contributed by atoms with Gasteiger partial charge < -0.3 is 0 Å². The number of hydrogen-bond acceptors (Lipinski definition) is 0. The van der Waals surface area contributed by atoms with Crippen LogP contribution in [0.5, 0.6) is 0 Å². The lowest BCUT2D eigenvalue weighted by molar-refractivity contribution is 0.405. The van der Waals surface area contributed by atoms with Crippen molar-refractivity contribution in [3.8, 4) is 0 Å². The SMILES string of the molecule is C=Cc1c(F)c(F)c(F)c(F)c1C(F)=CF. The Labute approximate surface area is 86.5 Å². The summed E-state index contributed by atoms with van der Waals surface area (Å²) in [4.78, 5) is 0. The Morgan fingerprint density at radius 3 is 1.88 bits per heavy atom.